The molecule has 1 N–H and O–H groups in total. The number of hydrogen-bond acceptors (Lipinski definition) is 1. The van der Waals surface area contributed by atoms with Crippen molar-refractivity contribution in [2.75, 3.05) is 0 Å². The van der Waals surface area contributed by atoms with Gasteiger partial charge in [-0.1, -0.05) is 98.1 Å². The van der Waals surface area contributed by atoms with Crippen LogP contribution in [0.1, 0.15) is 61.1 Å². The minimum Gasteiger partial charge on any atom is -0.352 e. The number of fused-ring (bicyclic) bond motifs is 1. The van der Waals surface area contributed by atoms with Gasteiger partial charge in [0.2, 0.25) is 5.91 Å². The molecule has 1 fully saturated rings. The molecule has 0 aliphatic heterocycles. The molecule has 5 rings (SSSR count). The summed E-state index contributed by atoms with van der Waals surface area (Å²) in [5, 5.41) is 4.48. The molecule has 1 saturated carbocycles. The molecule has 1 aromatic heterocycles. The van der Waals surface area contributed by atoms with Crippen LogP contribution in [0.5, 0.6) is 0 Å². The minimum absolute atomic E-state index is 0.152. The molecule has 1 amide bonds. The maximum atomic E-state index is 13.2. The number of benzene rings is 3. The highest BCUT2D eigenvalue weighted by atomic mass is 16.1. The van der Waals surface area contributed by atoms with Crippen LogP contribution in [0.3, 0.4) is 0 Å². The fraction of sp³-hybridized carbons (Fsp3) is 0.323. The maximum Gasteiger partial charge on any atom is 0.220 e. The van der Waals surface area contributed by atoms with Gasteiger partial charge < -0.3 is 9.88 Å². The zero-order valence-electron chi connectivity index (χ0n) is 19.8. The van der Waals surface area contributed by atoms with Crippen molar-refractivity contribution in [3.05, 3.63) is 108 Å². The lowest BCUT2D eigenvalue weighted by Gasteiger charge is -2.30. The molecule has 174 valence electrons. The first-order valence-electron chi connectivity index (χ1n) is 12.7. The minimum atomic E-state index is 0.152. The molecule has 1 aliphatic carbocycles. The number of amides is 1. The van der Waals surface area contributed by atoms with Gasteiger partial charge in [-0.25, -0.2) is 0 Å². The smallest absolute Gasteiger partial charge is 0.220 e. The largest absolute Gasteiger partial charge is 0.352 e. The maximum absolute atomic E-state index is 13.2. The summed E-state index contributed by atoms with van der Waals surface area (Å²) >= 11 is 0. The first-order valence-corrected chi connectivity index (χ1v) is 12.7. The zero-order valence-corrected chi connectivity index (χ0v) is 19.8. The van der Waals surface area contributed by atoms with Crippen molar-refractivity contribution in [2.24, 2.45) is 5.92 Å². The second-order valence-electron chi connectivity index (χ2n) is 9.69. The fourth-order valence-electron chi connectivity index (χ4n) is 5.62. The van der Waals surface area contributed by atoms with Crippen LogP contribution in [-0.4, -0.2) is 10.5 Å². The van der Waals surface area contributed by atoms with Crippen molar-refractivity contribution in [3.8, 4) is 0 Å². The number of aromatic nitrogens is 1. The molecular weight excluding hydrogens is 416 g/mol. The second-order valence-corrected chi connectivity index (χ2v) is 9.69. The molecule has 1 aliphatic rings. The molecule has 4 aromatic rings. The van der Waals surface area contributed by atoms with E-state index >= 15 is 0 Å². The Kier molecular flexibility index (Phi) is 7.09. The number of rotatable bonds is 8. The Bertz CT molecular complexity index is 1210. The molecular formula is C31H34N2O. The van der Waals surface area contributed by atoms with Gasteiger partial charge >= 0.3 is 0 Å². The topological polar surface area (TPSA) is 34.0 Å². The van der Waals surface area contributed by atoms with Gasteiger partial charge in [0.15, 0.2) is 0 Å². The molecule has 0 bridgehead atoms. The van der Waals surface area contributed by atoms with Crippen molar-refractivity contribution >= 4 is 16.8 Å². The molecule has 34 heavy (non-hydrogen) atoms. The van der Waals surface area contributed by atoms with E-state index in [0.717, 1.165) is 12.1 Å². The van der Waals surface area contributed by atoms with Gasteiger partial charge in [-0.3, -0.25) is 4.79 Å². The summed E-state index contributed by atoms with van der Waals surface area (Å²) in [4.78, 5) is 13.2. The van der Waals surface area contributed by atoms with Crippen molar-refractivity contribution in [2.45, 2.75) is 57.5 Å². The van der Waals surface area contributed by atoms with Gasteiger partial charge in [0.25, 0.3) is 0 Å². The van der Waals surface area contributed by atoms with Gasteiger partial charge in [0.1, 0.15) is 0 Å². The normalized spacial score (nSPS) is 15.3. The first-order chi connectivity index (χ1) is 16.8. The molecule has 0 saturated heterocycles. The molecule has 1 atom stereocenters. The van der Waals surface area contributed by atoms with E-state index < -0.39 is 0 Å². The quantitative estimate of drug-likeness (QED) is 0.306. The average molecular weight is 451 g/mol. The Morgan fingerprint density at radius 2 is 1.47 bits per heavy atom. The molecule has 1 heterocycles. The lowest BCUT2D eigenvalue weighted by molar-refractivity contribution is -0.122. The predicted molar refractivity (Wildman–Crippen MR) is 140 cm³/mol. The van der Waals surface area contributed by atoms with Crippen LogP contribution in [0.25, 0.3) is 10.9 Å². The Morgan fingerprint density at radius 1 is 0.824 bits per heavy atom. The van der Waals surface area contributed by atoms with Crippen LogP contribution in [0.15, 0.2) is 91.1 Å². The van der Waals surface area contributed by atoms with Crippen LogP contribution in [0.4, 0.5) is 0 Å². The van der Waals surface area contributed by atoms with E-state index in [1.807, 2.05) is 18.2 Å². The van der Waals surface area contributed by atoms with Crippen molar-refractivity contribution in [3.63, 3.8) is 0 Å². The highest BCUT2D eigenvalue weighted by Gasteiger charge is 2.29. The van der Waals surface area contributed by atoms with Gasteiger partial charge in [0.05, 0.1) is 0 Å². The van der Waals surface area contributed by atoms with Gasteiger partial charge in [0, 0.05) is 36.6 Å². The summed E-state index contributed by atoms with van der Waals surface area (Å²) in [6.45, 7) is 1.44. The average Bonchev–Trinajstić information content (AvgIpc) is 3.26. The zero-order chi connectivity index (χ0) is 23.2. The first kappa shape index (κ1) is 22.5. The van der Waals surface area contributed by atoms with Crippen LogP contribution < -0.4 is 5.32 Å². The highest BCUT2D eigenvalue weighted by Crippen LogP contribution is 2.41. The van der Waals surface area contributed by atoms with Gasteiger partial charge in [-0.15, -0.1) is 0 Å². The van der Waals surface area contributed by atoms with E-state index in [-0.39, 0.29) is 11.8 Å². The molecule has 3 nitrogen and oxygen atoms in total. The van der Waals surface area contributed by atoms with E-state index in [1.54, 1.807) is 0 Å². The van der Waals surface area contributed by atoms with Crippen LogP contribution in [0.2, 0.25) is 0 Å². The molecule has 0 radical (unpaired) electrons. The number of carbonyl (C=O) groups excluding carboxylic acids is 1. The Hall–Kier alpha value is -3.33. The van der Waals surface area contributed by atoms with Crippen molar-refractivity contribution in [1.29, 1.82) is 0 Å². The van der Waals surface area contributed by atoms with E-state index in [4.69, 9.17) is 0 Å². The SMILES string of the molecule is O=C(CC(c1cn(Cc2ccccc2)c2ccccc12)C1CCCCC1)NCc1ccccc1. The molecule has 0 spiro atoms. The van der Waals surface area contributed by atoms with Crippen LogP contribution >= 0.6 is 0 Å². The number of carbonyl (C=O) groups is 1. The lowest BCUT2D eigenvalue weighted by Crippen LogP contribution is -2.27. The Morgan fingerprint density at radius 3 is 2.21 bits per heavy atom. The standard InChI is InChI=1S/C31H34N2O/c34-31(32-21-24-12-4-1-5-13-24)20-28(26-16-8-3-9-17-26)29-23-33(22-25-14-6-2-7-15-25)30-19-11-10-18-27(29)30/h1-2,4-7,10-15,18-19,23,26,28H,3,8-9,16-17,20-22H2,(H,32,34). The molecule has 1 unspecified atom stereocenters. The van der Waals surface area contributed by atoms with Crippen LogP contribution in [0, 0.1) is 5.92 Å². The molecule has 3 aromatic carbocycles. The number of nitrogens with one attached hydrogen (secondary N) is 1. The summed E-state index contributed by atoms with van der Waals surface area (Å²) < 4.78 is 2.37. The summed E-state index contributed by atoms with van der Waals surface area (Å²) in [6.07, 6.45) is 9.19. The van der Waals surface area contributed by atoms with E-state index in [2.05, 4.69) is 82.8 Å². The summed E-state index contributed by atoms with van der Waals surface area (Å²) in [7, 11) is 0. The fourth-order valence-corrected chi connectivity index (χ4v) is 5.62. The number of para-hydroxylation sites is 1. The lowest BCUT2D eigenvalue weighted by atomic mass is 9.75. The monoisotopic (exact) mass is 450 g/mol. The second kappa shape index (κ2) is 10.7. The summed E-state index contributed by atoms with van der Waals surface area (Å²) in [5.74, 6) is 0.963. The number of hydrogen-bond donors (Lipinski definition) is 1. The van der Waals surface area contributed by atoms with E-state index in [1.165, 1.54) is 54.1 Å². The van der Waals surface area contributed by atoms with E-state index in [0.29, 0.717) is 18.9 Å². The third-order valence-corrected chi connectivity index (χ3v) is 7.37. The van der Waals surface area contributed by atoms with Crippen LogP contribution in [-0.2, 0) is 17.9 Å². The van der Waals surface area contributed by atoms with Gasteiger partial charge in [-0.2, -0.15) is 0 Å². The summed E-state index contributed by atoms with van der Waals surface area (Å²) in [6, 6.07) is 29.5. The third-order valence-electron chi connectivity index (χ3n) is 7.37. The van der Waals surface area contributed by atoms with Crippen molar-refractivity contribution < 1.29 is 4.79 Å². The predicted octanol–water partition coefficient (Wildman–Crippen LogP) is 7.06. The van der Waals surface area contributed by atoms with Crippen molar-refractivity contribution in [1.82, 2.24) is 9.88 Å². The summed E-state index contributed by atoms with van der Waals surface area (Å²) in [5.41, 5.74) is 5.04. The van der Waals surface area contributed by atoms with E-state index in [9.17, 15) is 4.79 Å². The highest BCUT2D eigenvalue weighted by molar-refractivity contribution is 5.86. The third kappa shape index (κ3) is 5.25. The van der Waals surface area contributed by atoms with Gasteiger partial charge in [-0.05, 0) is 47.4 Å². The Balaban J connectivity index is 1.43. The number of nitrogens with zero attached hydrogens (tertiary/aromatic N) is 1. The molecule has 3 heteroatoms. The Labute approximate surface area is 202 Å².